The average molecular weight is 265 g/mol. The van der Waals surface area contributed by atoms with Gasteiger partial charge in [-0.3, -0.25) is 5.43 Å². The summed E-state index contributed by atoms with van der Waals surface area (Å²) in [6, 6.07) is 6.11. The van der Waals surface area contributed by atoms with Crippen molar-refractivity contribution in [2.45, 2.75) is 45.2 Å². The van der Waals surface area contributed by atoms with Crippen LogP contribution in [0, 0.1) is 5.82 Å². The van der Waals surface area contributed by atoms with Crippen molar-refractivity contribution in [1.82, 2.24) is 10.4 Å². The summed E-state index contributed by atoms with van der Waals surface area (Å²) in [6.07, 6.45) is 3.36. The van der Waals surface area contributed by atoms with Crippen molar-refractivity contribution in [1.29, 1.82) is 0 Å². The van der Waals surface area contributed by atoms with Crippen LogP contribution in [0.1, 0.15) is 33.1 Å². The second-order valence-electron chi connectivity index (χ2n) is 5.11. The number of hydrazine groups is 1. The molecular formula is C14H20FN3O. The number of nitrogens with zero attached hydrogens (tertiary/aromatic N) is 1. The van der Waals surface area contributed by atoms with Gasteiger partial charge in [0.15, 0.2) is 0 Å². The molecule has 4 nitrogen and oxygen atoms in total. The Morgan fingerprint density at radius 2 is 1.79 bits per heavy atom. The van der Waals surface area contributed by atoms with Gasteiger partial charge in [-0.15, -0.1) is 0 Å². The van der Waals surface area contributed by atoms with E-state index in [4.69, 9.17) is 0 Å². The normalized spacial score (nSPS) is 23.9. The largest absolute Gasteiger partial charge is 0.333 e. The number of urea groups is 1. The van der Waals surface area contributed by atoms with Gasteiger partial charge in [-0.25, -0.2) is 14.2 Å². The summed E-state index contributed by atoms with van der Waals surface area (Å²) in [5.74, 6) is -0.316. The lowest BCUT2D eigenvalue weighted by Gasteiger charge is -2.38. The second kappa shape index (κ2) is 6.02. The molecule has 0 saturated carbocycles. The van der Waals surface area contributed by atoms with Crippen LogP contribution in [-0.2, 0) is 0 Å². The zero-order chi connectivity index (χ0) is 13.8. The average Bonchev–Trinajstić information content (AvgIpc) is 2.37. The highest BCUT2D eigenvalue weighted by Gasteiger charge is 2.25. The molecule has 1 saturated heterocycles. The van der Waals surface area contributed by atoms with Crippen LogP contribution in [0.4, 0.5) is 14.9 Å². The second-order valence-corrected chi connectivity index (χ2v) is 5.11. The molecule has 104 valence electrons. The van der Waals surface area contributed by atoms with Gasteiger partial charge in [0.25, 0.3) is 0 Å². The summed E-state index contributed by atoms with van der Waals surface area (Å²) in [7, 11) is 0. The number of anilines is 1. The van der Waals surface area contributed by atoms with Gasteiger partial charge < -0.3 is 5.32 Å². The molecule has 2 rings (SSSR count). The van der Waals surface area contributed by atoms with E-state index >= 15 is 0 Å². The maximum absolute atomic E-state index is 12.8. The van der Waals surface area contributed by atoms with Crippen molar-refractivity contribution in [2.75, 3.05) is 5.32 Å². The van der Waals surface area contributed by atoms with Crippen molar-refractivity contribution >= 4 is 11.7 Å². The predicted molar refractivity (Wildman–Crippen MR) is 73.2 cm³/mol. The van der Waals surface area contributed by atoms with Crippen LogP contribution in [0.2, 0.25) is 0 Å². The van der Waals surface area contributed by atoms with Crippen LogP contribution in [0.3, 0.4) is 0 Å². The zero-order valence-electron chi connectivity index (χ0n) is 11.3. The summed E-state index contributed by atoms with van der Waals surface area (Å²) in [5.41, 5.74) is 3.45. The van der Waals surface area contributed by atoms with Crippen molar-refractivity contribution in [3.05, 3.63) is 30.1 Å². The number of piperidine rings is 1. The molecule has 0 unspecified atom stereocenters. The highest BCUT2D eigenvalue weighted by Crippen LogP contribution is 2.20. The number of benzene rings is 1. The van der Waals surface area contributed by atoms with Gasteiger partial charge in [0, 0.05) is 17.8 Å². The number of carbonyl (C=O) groups is 1. The van der Waals surface area contributed by atoms with E-state index in [1.54, 1.807) is 0 Å². The summed E-state index contributed by atoms with van der Waals surface area (Å²) in [5, 5.41) is 4.69. The molecule has 0 aliphatic carbocycles. The minimum Gasteiger partial charge on any atom is -0.307 e. The van der Waals surface area contributed by atoms with Crippen molar-refractivity contribution in [2.24, 2.45) is 0 Å². The fraction of sp³-hybridized carbons (Fsp3) is 0.500. The van der Waals surface area contributed by atoms with Gasteiger partial charge in [0.2, 0.25) is 0 Å². The molecule has 0 spiro atoms. The third kappa shape index (κ3) is 3.67. The van der Waals surface area contributed by atoms with Gasteiger partial charge in [0.1, 0.15) is 5.82 Å². The number of nitrogens with one attached hydrogen (secondary N) is 2. The summed E-state index contributed by atoms with van der Waals surface area (Å²) in [4.78, 5) is 11.9. The first-order valence-electron chi connectivity index (χ1n) is 6.68. The molecule has 0 radical (unpaired) electrons. The molecule has 1 aliphatic rings. The molecule has 19 heavy (non-hydrogen) atoms. The van der Waals surface area contributed by atoms with E-state index in [2.05, 4.69) is 24.6 Å². The molecule has 2 N–H and O–H groups in total. The molecule has 1 heterocycles. The third-order valence-corrected chi connectivity index (χ3v) is 3.53. The maximum Gasteiger partial charge on any atom is 0.333 e. The van der Waals surface area contributed by atoms with Crippen LogP contribution in [0.5, 0.6) is 0 Å². The Morgan fingerprint density at radius 3 is 2.37 bits per heavy atom. The summed E-state index contributed by atoms with van der Waals surface area (Å²) >= 11 is 0. The number of halogens is 1. The predicted octanol–water partition coefficient (Wildman–Crippen LogP) is 3.13. The van der Waals surface area contributed by atoms with Crippen molar-refractivity contribution in [3.8, 4) is 0 Å². The van der Waals surface area contributed by atoms with Gasteiger partial charge in [-0.2, -0.15) is 0 Å². The number of hydrogen-bond donors (Lipinski definition) is 2. The van der Waals surface area contributed by atoms with Gasteiger partial charge in [-0.05, 0) is 51.0 Å². The Hall–Kier alpha value is -1.62. The maximum atomic E-state index is 12.8. The minimum absolute atomic E-state index is 0.285. The third-order valence-electron chi connectivity index (χ3n) is 3.53. The van der Waals surface area contributed by atoms with Gasteiger partial charge in [-0.1, -0.05) is 6.42 Å². The van der Waals surface area contributed by atoms with Crippen LogP contribution in [0.25, 0.3) is 0 Å². The first-order valence-corrected chi connectivity index (χ1v) is 6.68. The first kappa shape index (κ1) is 13.8. The standard InChI is InChI=1S/C14H20FN3O/c1-10-4-3-5-11(2)18(10)17-14(19)16-13-8-6-12(15)7-9-13/h6-11H,3-5H2,1-2H3,(H2,16,17,19)/t10-,11-/m0/s1. The SMILES string of the molecule is C[C@H]1CCC[C@H](C)N1NC(=O)Nc1ccc(F)cc1. The van der Waals surface area contributed by atoms with E-state index in [0.717, 1.165) is 12.8 Å². The minimum atomic E-state index is -0.316. The number of carbonyl (C=O) groups excluding carboxylic acids is 1. The topological polar surface area (TPSA) is 44.4 Å². The van der Waals surface area contributed by atoms with Crippen LogP contribution in [0.15, 0.2) is 24.3 Å². The summed E-state index contributed by atoms with van der Waals surface area (Å²) in [6.45, 7) is 4.21. The van der Waals surface area contributed by atoms with E-state index in [0.29, 0.717) is 17.8 Å². The fourth-order valence-electron chi connectivity index (χ4n) is 2.45. The molecule has 1 fully saturated rings. The van der Waals surface area contributed by atoms with E-state index in [9.17, 15) is 9.18 Å². The smallest absolute Gasteiger partial charge is 0.307 e. The highest BCUT2D eigenvalue weighted by molar-refractivity contribution is 5.88. The van der Waals surface area contributed by atoms with Crippen molar-refractivity contribution < 1.29 is 9.18 Å². The van der Waals surface area contributed by atoms with Crippen LogP contribution < -0.4 is 10.7 Å². The molecule has 0 aromatic heterocycles. The highest BCUT2D eigenvalue weighted by atomic mass is 19.1. The van der Waals surface area contributed by atoms with E-state index in [1.165, 1.54) is 30.7 Å². The molecule has 0 bridgehead atoms. The monoisotopic (exact) mass is 265 g/mol. The van der Waals surface area contributed by atoms with Gasteiger partial charge in [0.05, 0.1) is 0 Å². The van der Waals surface area contributed by atoms with Crippen LogP contribution >= 0.6 is 0 Å². The first-order chi connectivity index (χ1) is 9.06. The summed E-state index contributed by atoms with van der Waals surface area (Å²) < 4.78 is 12.8. The Labute approximate surface area is 113 Å². The van der Waals surface area contributed by atoms with Crippen LogP contribution in [-0.4, -0.2) is 23.1 Å². The molecule has 1 aromatic rings. The van der Waals surface area contributed by atoms with E-state index in [-0.39, 0.29) is 11.8 Å². The Bertz CT molecular complexity index is 425. The van der Waals surface area contributed by atoms with E-state index < -0.39 is 0 Å². The number of rotatable bonds is 2. The molecule has 5 heteroatoms. The Morgan fingerprint density at radius 1 is 1.21 bits per heavy atom. The Balaban J connectivity index is 1.91. The Kier molecular flexibility index (Phi) is 4.37. The van der Waals surface area contributed by atoms with Crippen molar-refractivity contribution in [3.63, 3.8) is 0 Å². The molecule has 2 amide bonds. The lowest BCUT2D eigenvalue weighted by molar-refractivity contribution is 0.0625. The molecule has 1 aromatic carbocycles. The fourth-order valence-corrected chi connectivity index (χ4v) is 2.45. The quantitative estimate of drug-likeness (QED) is 0.863. The lowest BCUT2D eigenvalue weighted by atomic mass is 10.00. The zero-order valence-corrected chi connectivity index (χ0v) is 11.3. The lowest BCUT2D eigenvalue weighted by Crippen LogP contribution is -2.55. The van der Waals surface area contributed by atoms with E-state index in [1.807, 2.05) is 5.01 Å². The molecule has 2 atom stereocenters. The molecular weight excluding hydrogens is 245 g/mol. The number of amides is 2. The number of hydrogen-bond acceptors (Lipinski definition) is 2. The molecule has 1 aliphatic heterocycles. The van der Waals surface area contributed by atoms with Gasteiger partial charge >= 0.3 is 6.03 Å².